The minimum absolute atomic E-state index is 0.0780. The molecule has 0 radical (unpaired) electrons. The number of anilines is 1. The number of sulfonamides is 1. The molecule has 1 fully saturated rings. The van der Waals surface area contributed by atoms with Crippen LogP contribution in [-0.4, -0.2) is 26.8 Å². The molecule has 2 aromatic carbocycles. The van der Waals surface area contributed by atoms with Crippen LogP contribution >= 0.6 is 0 Å². The van der Waals surface area contributed by atoms with Crippen LogP contribution in [0.2, 0.25) is 0 Å². The Hall–Kier alpha value is -2.71. The Labute approximate surface area is 177 Å². The van der Waals surface area contributed by atoms with Crippen LogP contribution in [0.5, 0.6) is 0 Å². The monoisotopic (exact) mass is 429 g/mol. The van der Waals surface area contributed by atoms with E-state index in [1.54, 1.807) is 30.3 Å². The average Bonchev–Trinajstić information content (AvgIpc) is 3.55. The largest absolute Gasteiger partial charge is 0.348 e. The zero-order valence-electron chi connectivity index (χ0n) is 17.1. The Morgan fingerprint density at radius 1 is 1.07 bits per heavy atom. The maximum Gasteiger partial charge on any atom is 0.251 e. The summed E-state index contributed by atoms with van der Waals surface area (Å²) in [6, 6.07) is 13.2. The summed E-state index contributed by atoms with van der Waals surface area (Å²) in [7, 11) is -3.63. The standard InChI is InChI=1S/C22H27N3O4S/c1-15(2)21(26)25-19-7-3-5-17(11-19)13-23-22(27)18-6-4-8-20(12-18)30(28,29)24-14-16-9-10-16/h3-8,11-12,15-16,24H,9-10,13-14H2,1-2H3,(H,23,27)(H,25,26). The number of rotatable bonds is 9. The lowest BCUT2D eigenvalue weighted by Gasteiger charge is -2.11. The van der Waals surface area contributed by atoms with Gasteiger partial charge in [-0.3, -0.25) is 9.59 Å². The second-order valence-corrected chi connectivity index (χ2v) is 9.62. The fourth-order valence-electron chi connectivity index (χ4n) is 2.77. The number of hydrogen-bond donors (Lipinski definition) is 3. The summed E-state index contributed by atoms with van der Waals surface area (Å²) in [6.45, 7) is 4.31. The van der Waals surface area contributed by atoms with Crippen molar-refractivity contribution >= 4 is 27.5 Å². The minimum Gasteiger partial charge on any atom is -0.348 e. The number of carbonyl (C=O) groups is 2. The van der Waals surface area contributed by atoms with E-state index >= 15 is 0 Å². The number of nitrogens with one attached hydrogen (secondary N) is 3. The lowest BCUT2D eigenvalue weighted by Crippen LogP contribution is -2.27. The second-order valence-electron chi connectivity index (χ2n) is 7.85. The highest BCUT2D eigenvalue weighted by Crippen LogP contribution is 2.28. The third kappa shape index (κ3) is 6.14. The van der Waals surface area contributed by atoms with Crippen LogP contribution in [0.25, 0.3) is 0 Å². The van der Waals surface area contributed by atoms with Crippen LogP contribution in [-0.2, 0) is 21.4 Å². The normalized spacial score (nSPS) is 13.8. The van der Waals surface area contributed by atoms with Gasteiger partial charge in [0.05, 0.1) is 4.90 Å². The molecule has 8 heteroatoms. The van der Waals surface area contributed by atoms with E-state index in [1.165, 1.54) is 12.1 Å². The highest BCUT2D eigenvalue weighted by atomic mass is 32.2. The van der Waals surface area contributed by atoms with Crippen molar-refractivity contribution in [3.63, 3.8) is 0 Å². The summed E-state index contributed by atoms with van der Waals surface area (Å²) in [5, 5.41) is 5.61. The van der Waals surface area contributed by atoms with E-state index in [2.05, 4.69) is 15.4 Å². The summed E-state index contributed by atoms with van der Waals surface area (Å²) in [6.07, 6.45) is 2.10. The van der Waals surface area contributed by atoms with Crippen LogP contribution in [0.3, 0.4) is 0 Å². The van der Waals surface area contributed by atoms with E-state index < -0.39 is 10.0 Å². The van der Waals surface area contributed by atoms with Crippen molar-refractivity contribution in [2.45, 2.75) is 38.1 Å². The first kappa shape index (κ1) is 22.0. The quantitative estimate of drug-likeness (QED) is 0.570. The van der Waals surface area contributed by atoms with Crippen LogP contribution in [0.4, 0.5) is 5.69 Å². The molecule has 0 spiro atoms. The number of benzene rings is 2. The SMILES string of the molecule is CC(C)C(=O)Nc1cccc(CNC(=O)c2cccc(S(=O)(=O)NCC3CC3)c2)c1. The molecule has 1 saturated carbocycles. The molecule has 0 aliphatic heterocycles. The fourth-order valence-corrected chi connectivity index (χ4v) is 3.93. The molecule has 1 aliphatic carbocycles. The van der Waals surface area contributed by atoms with E-state index in [1.807, 2.05) is 19.9 Å². The van der Waals surface area contributed by atoms with Gasteiger partial charge >= 0.3 is 0 Å². The van der Waals surface area contributed by atoms with Gasteiger partial charge in [-0.15, -0.1) is 0 Å². The van der Waals surface area contributed by atoms with Gasteiger partial charge in [-0.2, -0.15) is 0 Å². The van der Waals surface area contributed by atoms with Gasteiger partial charge < -0.3 is 10.6 Å². The molecular formula is C22H27N3O4S. The number of hydrogen-bond acceptors (Lipinski definition) is 4. The van der Waals surface area contributed by atoms with Gasteiger partial charge in [0.25, 0.3) is 5.91 Å². The number of carbonyl (C=O) groups excluding carboxylic acids is 2. The third-order valence-corrected chi connectivity index (χ3v) is 6.26. The molecule has 3 rings (SSSR count). The summed E-state index contributed by atoms with van der Waals surface area (Å²) in [5.41, 5.74) is 1.75. The molecule has 1 aliphatic rings. The molecule has 2 amide bonds. The van der Waals surface area contributed by atoms with Gasteiger partial charge in [0.1, 0.15) is 0 Å². The Morgan fingerprint density at radius 3 is 2.50 bits per heavy atom. The minimum atomic E-state index is -3.63. The Morgan fingerprint density at radius 2 is 1.80 bits per heavy atom. The Bertz CT molecular complexity index is 1030. The van der Waals surface area contributed by atoms with Crippen LogP contribution in [0, 0.1) is 11.8 Å². The highest BCUT2D eigenvalue weighted by Gasteiger charge is 2.24. The lowest BCUT2D eigenvalue weighted by molar-refractivity contribution is -0.118. The van der Waals surface area contributed by atoms with E-state index in [-0.39, 0.29) is 34.7 Å². The van der Waals surface area contributed by atoms with Crippen LogP contribution in [0.15, 0.2) is 53.4 Å². The maximum atomic E-state index is 12.5. The molecule has 30 heavy (non-hydrogen) atoms. The zero-order valence-corrected chi connectivity index (χ0v) is 18.0. The van der Waals surface area contributed by atoms with Crippen LogP contribution < -0.4 is 15.4 Å². The first-order valence-electron chi connectivity index (χ1n) is 10.0. The smallest absolute Gasteiger partial charge is 0.251 e. The van der Waals surface area contributed by atoms with Crippen molar-refractivity contribution in [2.24, 2.45) is 11.8 Å². The average molecular weight is 430 g/mol. The van der Waals surface area contributed by atoms with Gasteiger partial charge in [0.2, 0.25) is 15.9 Å². The summed E-state index contributed by atoms with van der Waals surface area (Å²) in [5.74, 6) is -0.154. The fraction of sp³-hybridized carbons (Fsp3) is 0.364. The van der Waals surface area contributed by atoms with Crippen molar-refractivity contribution in [2.75, 3.05) is 11.9 Å². The van der Waals surface area contributed by atoms with Crippen molar-refractivity contribution in [1.82, 2.24) is 10.0 Å². The van der Waals surface area contributed by atoms with Crippen molar-refractivity contribution < 1.29 is 18.0 Å². The molecule has 0 atom stereocenters. The molecule has 0 saturated heterocycles. The zero-order chi connectivity index (χ0) is 21.7. The maximum absolute atomic E-state index is 12.5. The summed E-state index contributed by atoms with van der Waals surface area (Å²) in [4.78, 5) is 24.4. The molecule has 0 bridgehead atoms. The molecule has 2 aromatic rings. The molecule has 0 unspecified atom stereocenters. The van der Waals surface area contributed by atoms with Crippen LogP contribution in [0.1, 0.15) is 42.6 Å². The van der Waals surface area contributed by atoms with E-state index in [4.69, 9.17) is 0 Å². The Balaban J connectivity index is 1.62. The first-order valence-corrected chi connectivity index (χ1v) is 11.5. The third-order valence-electron chi connectivity index (χ3n) is 4.84. The topological polar surface area (TPSA) is 104 Å². The van der Waals surface area contributed by atoms with Gasteiger partial charge in [-0.1, -0.05) is 32.0 Å². The molecule has 160 valence electrons. The lowest BCUT2D eigenvalue weighted by atomic mass is 10.1. The van der Waals surface area contributed by atoms with Gasteiger partial charge in [-0.05, 0) is 54.7 Å². The highest BCUT2D eigenvalue weighted by molar-refractivity contribution is 7.89. The predicted octanol–water partition coefficient (Wildman–Crippen LogP) is 2.90. The van der Waals surface area contributed by atoms with Crippen molar-refractivity contribution in [1.29, 1.82) is 0 Å². The van der Waals surface area contributed by atoms with E-state index in [0.29, 0.717) is 18.2 Å². The first-order chi connectivity index (χ1) is 14.2. The predicted molar refractivity (Wildman–Crippen MR) is 115 cm³/mol. The van der Waals surface area contributed by atoms with Crippen molar-refractivity contribution in [3.8, 4) is 0 Å². The summed E-state index contributed by atoms with van der Waals surface area (Å²) >= 11 is 0. The van der Waals surface area contributed by atoms with Crippen molar-refractivity contribution in [3.05, 3.63) is 59.7 Å². The number of amides is 2. The molecule has 3 N–H and O–H groups in total. The van der Waals surface area contributed by atoms with Gasteiger partial charge in [0.15, 0.2) is 0 Å². The summed E-state index contributed by atoms with van der Waals surface area (Å²) < 4.78 is 27.4. The molecule has 7 nitrogen and oxygen atoms in total. The van der Waals surface area contributed by atoms with E-state index in [9.17, 15) is 18.0 Å². The van der Waals surface area contributed by atoms with Gasteiger partial charge in [-0.25, -0.2) is 13.1 Å². The molecule has 0 aromatic heterocycles. The molecular weight excluding hydrogens is 402 g/mol. The van der Waals surface area contributed by atoms with E-state index in [0.717, 1.165) is 18.4 Å². The van der Waals surface area contributed by atoms with Gasteiger partial charge in [0, 0.05) is 30.3 Å². The Kier molecular flexibility index (Phi) is 6.89. The second kappa shape index (κ2) is 9.40. The molecule has 0 heterocycles.